The Kier molecular flexibility index (Phi) is 6.18. The van der Waals surface area contributed by atoms with E-state index < -0.39 is 0 Å². The lowest BCUT2D eigenvalue weighted by molar-refractivity contribution is 0.317. The molecule has 16 heavy (non-hydrogen) atoms. The van der Waals surface area contributed by atoms with Gasteiger partial charge in [-0.3, -0.25) is 0 Å². The van der Waals surface area contributed by atoms with E-state index in [0.29, 0.717) is 19.0 Å². The van der Waals surface area contributed by atoms with Gasteiger partial charge < -0.3 is 5.32 Å². The second-order valence-electron chi connectivity index (χ2n) is 4.03. The van der Waals surface area contributed by atoms with Gasteiger partial charge in [-0.1, -0.05) is 10.2 Å². The molecule has 88 valence electrons. The summed E-state index contributed by atoms with van der Waals surface area (Å²) in [6.45, 7) is 2.90. The van der Waals surface area contributed by atoms with Crippen LogP contribution in [0.15, 0.2) is 10.2 Å². The monoisotopic (exact) mass is 223 g/mol. The molecule has 1 unspecified atom stereocenters. The van der Waals surface area contributed by atoms with Gasteiger partial charge in [0.05, 0.1) is 0 Å². The van der Waals surface area contributed by atoms with Crippen LogP contribution in [0.4, 0.5) is 0 Å². The molecule has 0 bridgehead atoms. The Bertz CT molecular complexity index is 262. The molecule has 1 saturated heterocycles. The number of hydrogen-bond donors (Lipinski definition) is 1. The van der Waals surface area contributed by atoms with Gasteiger partial charge in [-0.05, 0) is 55.3 Å². The Hall–Kier alpha value is -1.42. The molecule has 1 heterocycles. The summed E-state index contributed by atoms with van der Waals surface area (Å²) in [7, 11) is 0. The molecular formula is C9H17N7. The molecule has 1 aliphatic heterocycles. The number of hydrogen-bond acceptors (Lipinski definition) is 3. The van der Waals surface area contributed by atoms with Crippen LogP contribution in [0.3, 0.4) is 0 Å². The largest absolute Gasteiger partial charge is 0.317 e. The van der Waals surface area contributed by atoms with E-state index in [0.717, 1.165) is 32.4 Å². The number of rotatable bonds is 5. The molecule has 7 nitrogen and oxygen atoms in total. The zero-order valence-electron chi connectivity index (χ0n) is 9.29. The number of nitrogens with one attached hydrogen (secondary N) is 1. The van der Waals surface area contributed by atoms with Crippen molar-refractivity contribution in [3.63, 3.8) is 0 Å². The fourth-order valence-electron chi connectivity index (χ4n) is 2.16. The van der Waals surface area contributed by atoms with Crippen LogP contribution in [-0.4, -0.2) is 26.2 Å². The van der Waals surface area contributed by atoms with Gasteiger partial charge in [0.1, 0.15) is 0 Å². The highest BCUT2D eigenvalue weighted by Gasteiger charge is 2.21. The summed E-state index contributed by atoms with van der Waals surface area (Å²) < 4.78 is 0. The van der Waals surface area contributed by atoms with Crippen molar-refractivity contribution in [1.82, 2.24) is 5.32 Å². The first-order valence-corrected chi connectivity index (χ1v) is 5.61. The standard InChI is InChI=1S/C9H17N7/c10-15-13-6-9(7-14-16-11)8-2-1-4-12-5-3-8/h8-9,12H,1-7H2. The average Bonchev–Trinajstić information content (AvgIpc) is 2.58. The minimum Gasteiger partial charge on any atom is -0.317 e. The van der Waals surface area contributed by atoms with E-state index in [2.05, 4.69) is 25.4 Å². The second-order valence-corrected chi connectivity index (χ2v) is 4.03. The predicted molar refractivity (Wildman–Crippen MR) is 61.7 cm³/mol. The van der Waals surface area contributed by atoms with E-state index in [-0.39, 0.29) is 5.92 Å². The molecule has 1 atom stereocenters. The normalized spacial score (nSPS) is 22.4. The van der Waals surface area contributed by atoms with Crippen LogP contribution in [-0.2, 0) is 0 Å². The maximum Gasteiger partial charge on any atom is 0.0290 e. The summed E-state index contributed by atoms with van der Waals surface area (Å²) in [4.78, 5) is 5.55. The minimum absolute atomic E-state index is 0.187. The Morgan fingerprint density at radius 3 is 2.44 bits per heavy atom. The van der Waals surface area contributed by atoms with Crippen LogP contribution < -0.4 is 5.32 Å². The molecule has 0 aromatic rings. The van der Waals surface area contributed by atoms with Crippen LogP contribution in [0.2, 0.25) is 0 Å². The van der Waals surface area contributed by atoms with E-state index in [1.807, 2.05) is 0 Å². The third kappa shape index (κ3) is 4.40. The third-order valence-corrected chi connectivity index (χ3v) is 3.05. The SMILES string of the molecule is [N-]=[N+]=NCC(CN=[N+]=[N-])C1CCCNCC1. The molecule has 1 N–H and O–H groups in total. The molecule has 1 fully saturated rings. The van der Waals surface area contributed by atoms with Gasteiger partial charge in [-0.25, -0.2) is 0 Å². The van der Waals surface area contributed by atoms with Crippen LogP contribution in [0, 0.1) is 11.8 Å². The molecule has 0 aromatic heterocycles. The van der Waals surface area contributed by atoms with Crippen molar-refractivity contribution in [2.75, 3.05) is 26.2 Å². The first kappa shape index (κ1) is 12.6. The number of azide groups is 2. The van der Waals surface area contributed by atoms with Gasteiger partial charge in [0.15, 0.2) is 0 Å². The Morgan fingerprint density at radius 2 is 1.81 bits per heavy atom. The Balaban J connectivity index is 2.56. The van der Waals surface area contributed by atoms with E-state index in [1.54, 1.807) is 0 Å². The Labute approximate surface area is 94.5 Å². The first-order chi connectivity index (χ1) is 7.88. The lowest BCUT2D eigenvalue weighted by Gasteiger charge is -2.22. The van der Waals surface area contributed by atoms with E-state index in [9.17, 15) is 0 Å². The van der Waals surface area contributed by atoms with Crippen molar-refractivity contribution < 1.29 is 0 Å². The Morgan fingerprint density at radius 1 is 1.12 bits per heavy atom. The van der Waals surface area contributed by atoms with Gasteiger partial charge in [0.25, 0.3) is 0 Å². The maximum absolute atomic E-state index is 8.34. The van der Waals surface area contributed by atoms with Gasteiger partial charge >= 0.3 is 0 Å². The zero-order chi connectivity index (χ0) is 11.6. The maximum atomic E-state index is 8.34. The van der Waals surface area contributed by atoms with Crippen molar-refractivity contribution in [3.05, 3.63) is 20.9 Å². The molecule has 0 spiro atoms. The molecule has 1 rings (SSSR count). The highest BCUT2D eigenvalue weighted by atomic mass is 15.1. The molecule has 7 heteroatoms. The average molecular weight is 223 g/mol. The second kappa shape index (κ2) is 7.82. The van der Waals surface area contributed by atoms with Crippen molar-refractivity contribution in [2.45, 2.75) is 19.3 Å². The summed E-state index contributed by atoms with van der Waals surface area (Å²) in [5, 5.41) is 10.6. The molecule has 0 aromatic carbocycles. The lowest BCUT2D eigenvalue weighted by atomic mass is 9.86. The smallest absolute Gasteiger partial charge is 0.0290 e. The van der Waals surface area contributed by atoms with Gasteiger partial charge in [0.2, 0.25) is 0 Å². The van der Waals surface area contributed by atoms with Gasteiger partial charge in [-0.2, -0.15) is 0 Å². The van der Waals surface area contributed by atoms with Crippen LogP contribution in [0.25, 0.3) is 20.9 Å². The molecule has 0 saturated carbocycles. The summed E-state index contributed by atoms with van der Waals surface area (Å²) in [6.07, 6.45) is 3.31. The van der Waals surface area contributed by atoms with E-state index in [4.69, 9.17) is 11.1 Å². The number of nitrogens with zero attached hydrogens (tertiary/aromatic N) is 6. The predicted octanol–water partition coefficient (Wildman–Crippen LogP) is 2.61. The van der Waals surface area contributed by atoms with E-state index >= 15 is 0 Å². The van der Waals surface area contributed by atoms with Crippen LogP contribution >= 0.6 is 0 Å². The minimum atomic E-state index is 0.187. The summed E-state index contributed by atoms with van der Waals surface area (Å²) in [5.74, 6) is 0.678. The van der Waals surface area contributed by atoms with Crippen molar-refractivity contribution in [1.29, 1.82) is 0 Å². The molecule has 1 aliphatic rings. The summed E-state index contributed by atoms with van der Waals surface area (Å²) >= 11 is 0. The lowest BCUT2D eigenvalue weighted by Crippen LogP contribution is -2.22. The third-order valence-electron chi connectivity index (χ3n) is 3.05. The van der Waals surface area contributed by atoms with Crippen LogP contribution in [0.1, 0.15) is 19.3 Å². The fraction of sp³-hybridized carbons (Fsp3) is 1.00. The quantitative estimate of drug-likeness (QED) is 0.431. The molecule has 0 aliphatic carbocycles. The highest BCUT2D eigenvalue weighted by molar-refractivity contribution is 4.78. The topological polar surface area (TPSA) is 110 Å². The van der Waals surface area contributed by atoms with Crippen molar-refractivity contribution in [3.8, 4) is 0 Å². The zero-order valence-corrected chi connectivity index (χ0v) is 9.29. The fourth-order valence-corrected chi connectivity index (χ4v) is 2.16. The van der Waals surface area contributed by atoms with Crippen molar-refractivity contribution >= 4 is 0 Å². The summed E-state index contributed by atoms with van der Waals surface area (Å²) in [6, 6.07) is 0. The molecule has 0 radical (unpaired) electrons. The van der Waals surface area contributed by atoms with E-state index in [1.165, 1.54) is 0 Å². The first-order valence-electron chi connectivity index (χ1n) is 5.61. The van der Waals surface area contributed by atoms with Gasteiger partial charge in [0, 0.05) is 22.9 Å². The molecule has 0 amide bonds. The highest BCUT2D eigenvalue weighted by Crippen LogP contribution is 2.24. The van der Waals surface area contributed by atoms with Gasteiger partial charge in [-0.15, -0.1) is 0 Å². The summed E-state index contributed by atoms with van der Waals surface area (Å²) in [5.41, 5.74) is 16.7. The van der Waals surface area contributed by atoms with Crippen molar-refractivity contribution in [2.24, 2.45) is 22.1 Å². The van der Waals surface area contributed by atoms with Crippen LogP contribution in [0.5, 0.6) is 0 Å². The molecular weight excluding hydrogens is 206 g/mol.